The molecular formula is C12H18N2O3S. The number of aryl methyl sites for hydroxylation is 1. The maximum Gasteiger partial charge on any atom is 0.326 e. The highest BCUT2D eigenvalue weighted by Gasteiger charge is 2.32. The van der Waals surface area contributed by atoms with Gasteiger partial charge in [0.1, 0.15) is 6.04 Å². The number of hydrogen-bond donors (Lipinski definition) is 2. The van der Waals surface area contributed by atoms with E-state index in [1.165, 1.54) is 11.3 Å². The van der Waals surface area contributed by atoms with Crippen LogP contribution in [0.5, 0.6) is 0 Å². The molecule has 0 bridgehead atoms. The van der Waals surface area contributed by atoms with E-state index < -0.39 is 17.4 Å². The molecule has 18 heavy (non-hydrogen) atoms. The molecule has 1 rings (SSSR count). The first-order valence-corrected chi connectivity index (χ1v) is 6.51. The van der Waals surface area contributed by atoms with Crippen LogP contribution in [-0.2, 0) is 16.0 Å². The molecule has 1 aromatic rings. The van der Waals surface area contributed by atoms with Gasteiger partial charge in [-0.25, -0.2) is 9.78 Å². The van der Waals surface area contributed by atoms with Crippen LogP contribution in [0.4, 0.5) is 0 Å². The minimum atomic E-state index is -1.02. The fourth-order valence-electron chi connectivity index (χ4n) is 1.51. The number of carboxylic acid groups (broad SMARTS) is 1. The minimum absolute atomic E-state index is 0.115. The number of carbonyl (C=O) groups is 2. The molecule has 5 nitrogen and oxygen atoms in total. The van der Waals surface area contributed by atoms with Crippen molar-refractivity contribution in [1.29, 1.82) is 0 Å². The first-order chi connectivity index (χ1) is 8.20. The zero-order valence-electron chi connectivity index (χ0n) is 11.0. The Morgan fingerprint density at radius 2 is 2.11 bits per heavy atom. The molecule has 0 saturated carbocycles. The molecule has 0 radical (unpaired) electrons. The van der Waals surface area contributed by atoms with Crippen LogP contribution in [0.25, 0.3) is 0 Å². The summed E-state index contributed by atoms with van der Waals surface area (Å²) < 4.78 is 0. The highest BCUT2D eigenvalue weighted by Crippen LogP contribution is 2.19. The first kappa shape index (κ1) is 14.6. The van der Waals surface area contributed by atoms with E-state index in [2.05, 4.69) is 10.3 Å². The number of hydrogen-bond acceptors (Lipinski definition) is 4. The van der Waals surface area contributed by atoms with E-state index >= 15 is 0 Å². The molecular weight excluding hydrogens is 252 g/mol. The summed E-state index contributed by atoms with van der Waals surface area (Å²) in [6.07, 6.45) is 0.115. The van der Waals surface area contributed by atoms with Crippen molar-refractivity contribution >= 4 is 23.2 Å². The third kappa shape index (κ3) is 4.10. The second kappa shape index (κ2) is 5.48. The number of aromatic nitrogens is 1. The average Bonchev–Trinajstić information content (AvgIpc) is 2.58. The van der Waals surface area contributed by atoms with Gasteiger partial charge in [0.05, 0.1) is 17.1 Å². The fraction of sp³-hybridized carbons (Fsp3) is 0.583. The van der Waals surface area contributed by atoms with Gasteiger partial charge in [-0.1, -0.05) is 20.8 Å². The van der Waals surface area contributed by atoms with Gasteiger partial charge >= 0.3 is 5.97 Å². The van der Waals surface area contributed by atoms with Crippen molar-refractivity contribution in [3.63, 3.8) is 0 Å². The summed E-state index contributed by atoms with van der Waals surface area (Å²) in [4.78, 5) is 27.1. The molecule has 0 aromatic carbocycles. The van der Waals surface area contributed by atoms with E-state index in [4.69, 9.17) is 5.11 Å². The third-order valence-electron chi connectivity index (χ3n) is 2.43. The summed E-state index contributed by atoms with van der Waals surface area (Å²) >= 11 is 1.47. The summed E-state index contributed by atoms with van der Waals surface area (Å²) in [7, 11) is 0. The second-order valence-corrected chi connectivity index (χ2v) is 6.30. The predicted molar refractivity (Wildman–Crippen MR) is 69.6 cm³/mol. The lowest BCUT2D eigenvalue weighted by atomic mass is 9.86. The molecule has 0 unspecified atom stereocenters. The highest BCUT2D eigenvalue weighted by atomic mass is 32.1. The van der Waals surface area contributed by atoms with Crippen molar-refractivity contribution in [3.05, 3.63) is 16.1 Å². The number of thiazole rings is 1. The molecule has 6 heteroatoms. The average molecular weight is 270 g/mol. The van der Waals surface area contributed by atoms with Crippen molar-refractivity contribution in [3.8, 4) is 0 Å². The third-order valence-corrected chi connectivity index (χ3v) is 3.25. The van der Waals surface area contributed by atoms with Crippen LogP contribution >= 0.6 is 11.3 Å². The first-order valence-electron chi connectivity index (χ1n) is 5.63. The predicted octanol–water partition coefficient (Wildman–Crippen LogP) is 1.61. The van der Waals surface area contributed by atoms with Crippen molar-refractivity contribution in [2.45, 2.75) is 40.2 Å². The standard InChI is InChI=1S/C12H18N2O3S/c1-7-13-8(6-18-7)5-9(15)14-10(11(16)17)12(2,3)4/h6,10H,5H2,1-4H3,(H,14,15)(H,16,17)/t10-/m0/s1. The fourth-order valence-corrected chi connectivity index (χ4v) is 2.13. The molecule has 1 amide bonds. The molecule has 0 spiro atoms. The molecule has 1 heterocycles. The van der Waals surface area contributed by atoms with Gasteiger partial charge in [0.15, 0.2) is 0 Å². The SMILES string of the molecule is Cc1nc(CC(=O)N[C@@H](C(=O)O)C(C)(C)C)cs1. The van der Waals surface area contributed by atoms with Crippen molar-refractivity contribution in [2.75, 3.05) is 0 Å². The van der Waals surface area contributed by atoms with Gasteiger partial charge in [0, 0.05) is 5.38 Å². The number of carbonyl (C=O) groups excluding carboxylic acids is 1. The van der Waals surface area contributed by atoms with Crippen LogP contribution in [-0.4, -0.2) is 28.0 Å². The highest BCUT2D eigenvalue weighted by molar-refractivity contribution is 7.09. The Morgan fingerprint density at radius 1 is 1.50 bits per heavy atom. The normalized spacial score (nSPS) is 13.1. The van der Waals surface area contributed by atoms with E-state index in [1.807, 2.05) is 12.3 Å². The van der Waals surface area contributed by atoms with Crippen LogP contribution in [0.15, 0.2) is 5.38 Å². The van der Waals surface area contributed by atoms with Crippen LogP contribution in [0.3, 0.4) is 0 Å². The molecule has 0 aliphatic rings. The molecule has 0 aliphatic heterocycles. The van der Waals surface area contributed by atoms with E-state index in [1.54, 1.807) is 20.8 Å². The summed E-state index contributed by atoms with van der Waals surface area (Å²) in [5.74, 6) is -1.34. The monoisotopic (exact) mass is 270 g/mol. The van der Waals surface area contributed by atoms with Gasteiger partial charge in [-0.15, -0.1) is 11.3 Å². The largest absolute Gasteiger partial charge is 0.480 e. The maximum absolute atomic E-state index is 11.8. The van der Waals surface area contributed by atoms with Gasteiger partial charge in [0.2, 0.25) is 5.91 Å². The van der Waals surface area contributed by atoms with E-state index in [0.29, 0.717) is 5.69 Å². The van der Waals surface area contributed by atoms with Crippen molar-refractivity contribution in [2.24, 2.45) is 5.41 Å². The van der Waals surface area contributed by atoms with Gasteiger partial charge < -0.3 is 10.4 Å². The second-order valence-electron chi connectivity index (χ2n) is 5.24. The van der Waals surface area contributed by atoms with Crippen LogP contribution < -0.4 is 5.32 Å². The summed E-state index contributed by atoms with van der Waals surface area (Å²) in [5.41, 5.74) is 0.146. The number of rotatable bonds is 4. The smallest absolute Gasteiger partial charge is 0.326 e. The van der Waals surface area contributed by atoms with Gasteiger partial charge in [0.25, 0.3) is 0 Å². The Morgan fingerprint density at radius 3 is 2.50 bits per heavy atom. The topological polar surface area (TPSA) is 79.3 Å². The zero-order valence-corrected chi connectivity index (χ0v) is 11.8. The number of carboxylic acids is 1. The number of amides is 1. The summed E-state index contributed by atoms with van der Waals surface area (Å²) in [5, 5.41) is 14.3. The van der Waals surface area contributed by atoms with Crippen LogP contribution in [0.1, 0.15) is 31.5 Å². The Balaban J connectivity index is 2.65. The molecule has 0 aliphatic carbocycles. The zero-order chi connectivity index (χ0) is 13.9. The molecule has 0 saturated heterocycles. The lowest BCUT2D eigenvalue weighted by molar-refractivity contribution is -0.144. The van der Waals surface area contributed by atoms with Crippen molar-refractivity contribution in [1.82, 2.24) is 10.3 Å². The number of nitrogens with zero attached hydrogens (tertiary/aromatic N) is 1. The number of nitrogens with one attached hydrogen (secondary N) is 1. The van der Waals surface area contributed by atoms with E-state index in [-0.39, 0.29) is 12.3 Å². The lowest BCUT2D eigenvalue weighted by Crippen LogP contribution is -2.49. The lowest BCUT2D eigenvalue weighted by Gasteiger charge is -2.27. The maximum atomic E-state index is 11.8. The minimum Gasteiger partial charge on any atom is -0.480 e. The summed E-state index contributed by atoms with van der Waals surface area (Å²) in [6, 6.07) is -0.898. The van der Waals surface area contributed by atoms with Gasteiger partial charge in [-0.3, -0.25) is 4.79 Å². The van der Waals surface area contributed by atoms with Crippen molar-refractivity contribution < 1.29 is 14.7 Å². The molecule has 100 valence electrons. The Bertz CT molecular complexity index is 448. The number of aliphatic carboxylic acids is 1. The molecule has 0 fully saturated rings. The van der Waals surface area contributed by atoms with E-state index in [0.717, 1.165) is 5.01 Å². The van der Waals surface area contributed by atoms with E-state index in [9.17, 15) is 9.59 Å². The molecule has 2 N–H and O–H groups in total. The van der Waals surface area contributed by atoms with Gasteiger partial charge in [-0.2, -0.15) is 0 Å². The quantitative estimate of drug-likeness (QED) is 0.871. The molecule has 1 aromatic heterocycles. The molecule has 1 atom stereocenters. The van der Waals surface area contributed by atoms with Crippen LogP contribution in [0, 0.1) is 12.3 Å². The Kier molecular flexibility index (Phi) is 4.45. The van der Waals surface area contributed by atoms with Gasteiger partial charge in [-0.05, 0) is 12.3 Å². The Labute approximate surface area is 110 Å². The Hall–Kier alpha value is -1.43. The summed E-state index contributed by atoms with van der Waals surface area (Å²) in [6.45, 7) is 7.19. The van der Waals surface area contributed by atoms with Crippen LogP contribution in [0.2, 0.25) is 0 Å².